The largest absolute Gasteiger partial charge is 0.384 e. The summed E-state index contributed by atoms with van der Waals surface area (Å²) >= 11 is 0. The van der Waals surface area contributed by atoms with Gasteiger partial charge in [0.1, 0.15) is 18.0 Å². The lowest BCUT2D eigenvalue weighted by Gasteiger charge is -2.29. The predicted molar refractivity (Wildman–Crippen MR) is 114 cm³/mol. The van der Waals surface area contributed by atoms with E-state index in [1.54, 1.807) is 18.5 Å². The van der Waals surface area contributed by atoms with Crippen LogP contribution in [0.5, 0.6) is 0 Å². The van der Waals surface area contributed by atoms with E-state index in [2.05, 4.69) is 37.6 Å². The van der Waals surface area contributed by atoms with Crippen LogP contribution in [0.2, 0.25) is 0 Å². The molecule has 3 aromatic rings. The number of pyridine rings is 1. The normalized spacial score (nSPS) is 15.8. The van der Waals surface area contributed by atoms with Crippen LogP contribution in [0, 0.1) is 0 Å². The van der Waals surface area contributed by atoms with E-state index >= 15 is 0 Å². The fourth-order valence-electron chi connectivity index (χ4n) is 3.68. The highest BCUT2D eigenvalue weighted by Gasteiger charge is 2.20. The summed E-state index contributed by atoms with van der Waals surface area (Å²) in [5.74, 6) is 0.295. The van der Waals surface area contributed by atoms with E-state index in [-0.39, 0.29) is 5.83 Å². The van der Waals surface area contributed by atoms with Crippen LogP contribution in [0.1, 0.15) is 11.1 Å². The maximum Gasteiger partial charge on any atom is 0.146 e. The van der Waals surface area contributed by atoms with E-state index in [0.29, 0.717) is 23.6 Å². The molecule has 0 atom stereocenters. The molecule has 1 saturated heterocycles. The molecule has 2 aromatic heterocycles. The van der Waals surface area contributed by atoms with Crippen molar-refractivity contribution in [2.45, 2.75) is 6.54 Å². The van der Waals surface area contributed by atoms with Crippen LogP contribution in [-0.2, 0) is 11.3 Å². The molecule has 2 N–H and O–H groups in total. The highest BCUT2D eigenvalue weighted by atomic mass is 19.1. The molecule has 0 aliphatic carbocycles. The van der Waals surface area contributed by atoms with Crippen molar-refractivity contribution in [1.82, 2.24) is 20.3 Å². The lowest BCUT2D eigenvalue weighted by atomic mass is 10.0. The number of hydrogen-bond donors (Lipinski definition) is 2. The smallest absolute Gasteiger partial charge is 0.146 e. The Kier molecular flexibility index (Phi) is 4.98. The van der Waals surface area contributed by atoms with Gasteiger partial charge in [-0.05, 0) is 30.3 Å². The van der Waals surface area contributed by atoms with E-state index in [0.717, 1.165) is 48.8 Å². The summed E-state index contributed by atoms with van der Waals surface area (Å²) in [6.07, 6.45) is 6.19. The molecule has 4 heterocycles. The summed E-state index contributed by atoms with van der Waals surface area (Å²) in [6, 6.07) is 9.92. The second-order valence-corrected chi connectivity index (χ2v) is 7.15. The first-order valence-electron chi connectivity index (χ1n) is 9.86. The van der Waals surface area contributed by atoms with Crippen molar-refractivity contribution in [2.24, 2.45) is 0 Å². The number of halogens is 1. The van der Waals surface area contributed by atoms with Crippen LogP contribution in [0.15, 0.2) is 55.3 Å². The number of ether oxygens (including phenoxy) is 1. The fourth-order valence-corrected chi connectivity index (χ4v) is 3.68. The van der Waals surface area contributed by atoms with E-state index in [9.17, 15) is 4.39 Å². The zero-order valence-corrected chi connectivity index (χ0v) is 16.3. The van der Waals surface area contributed by atoms with Crippen molar-refractivity contribution in [3.8, 4) is 11.3 Å². The van der Waals surface area contributed by atoms with Crippen LogP contribution in [0.4, 0.5) is 21.6 Å². The van der Waals surface area contributed by atoms with Crippen LogP contribution in [0.25, 0.3) is 17.1 Å². The molecule has 7 nitrogen and oxygen atoms in total. The molecule has 1 fully saturated rings. The number of rotatable bonds is 4. The molecule has 0 amide bonds. The molecule has 0 radical (unpaired) electrons. The second-order valence-electron chi connectivity index (χ2n) is 7.15. The minimum absolute atomic E-state index is 0.317. The van der Waals surface area contributed by atoms with Gasteiger partial charge >= 0.3 is 0 Å². The number of fused-ring (bicyclic) bond motifs is 1. The average molecular weight is 404 g/mol. The lowest BCUT2D eigenvalue weighted by Crippen LogP contribution is -2.36. The van der Waals surface area contributed by atoms with E-state index in [1.807, 2.05) is 12.1 Å². The summed E-state index contributed by atoms with van der Waals surface area (Å²) in [5, 5.41) is 6.33. The van der Waals surface area contributed by atoms with Gasteiger partial charge in [-0.1, -0.05) is 0 Å². The van der Waals surface area contributed by atoms with Gasteiger partial charge in [0, 0.05) is 66.3 Å². The number of benzene rings is 1. The quantitative estimate of drug-likeness (QED) is 0.689. The molecule has 152 valence electrons. The third kappa shape index (κ3) is 3.69. The molecule has 8 heteroatoms. The lowest BCUT2D eigenvalue weighted by molar-refractivity contribution is 0.122. The SMILES string of the molecule is FC1=CNCc2c1cc(-c1cncnc1)nc2Nc1ccc(N2CCOCC2)cc1. The molecule has 0 saturated carbocycles. The molecule has 0 unspecified atom stereocenters. The van der Waals surface area contributed by atoms with Gasteiger partial charge in [-0.3, -0.25) is 0 Å². The van der Waals surface area contributed by atoms with Gasteiger partial charge in [0.15, 0.2) is 0 Å². The van der Waals surface area contributed by atoms with Gasteiger partial charge in [0.2, 0.25) is 0 Å². The summed E-state index contributed by atoms with van der Waals surface area (Å²) in [6.45, 7) is 3.77. The van der Waals surface area contributed by atoms with Gasteiger partial charge in [0.25, 0.3) is 0 Å². The molecule has 2 aliphatic heterocycles. The number of nitrogens with one attached hydrogen (secondary N) is 2. The average Bonchev–Trinajstić information content (AvgIpc) is 2.81. The molecule has 0 bridgehead atoms. The van der Waals surface area contributed by atoms with Crippen molar-refractivity contribution in [2.75, 3.05) is 36.5 Å². The first-order valence-corrected chi connectivity index (χ1v) is 9.86. The molecule has 0 spiro atoms. The Morgan fingerprint density at radius 2 is 1.83 bits per heavy atom. The molecular formula is C22H21FN6O. The van der Waals surface area contributed by atoms with E-state index in [1.165, 1.54) is 12.5 Å². The Balaban J connectivity index is 1.47. The van der Waals surface area contributed by atoms with Gasteiger partial charge in [-0.2, -0.15) is 0 Å². The Hall–Kier alpha value is -3.52. The Morgan fingerprint density at radius 3 is 2.60 bits per heavy atom. The number of nitrogens with zero attached hydrogens (tertiary/aromatic N) is 4. The number of morpholine rings is 1. The third-order valence-corrected chi connectivity index (χ3v) is 5.25. The summed E-state index contributed by atoms with van der Waals surface area (Å²) in [7, 11) is 0. The van der Waals surface area contributed by atoms with Gasteiger partial charge in [-0.15, -0.1) is 0 Å². The first-order chi connectivity index (χ1) is 14.8. The van der Waals surface area contributed by atoms with Gasteiger partial charge in [0.05, 0.1) is 18.9 Å². The summed E-state index contributed by atoms with van der Waals surface area (Å²) in [5.41, 5.74) is 4.70. The Labute approximate surface area is 173 Å². The number of hydrogen-bond acceptors (Lipinski definition) is 7. The molecule has 30 heavy (non-hydrogen) atoms. The van der Waals surface area contributed by atoms with E-state index in [4.69, 9.17) is 9.72 Å². The maximum atomic E-state index is 14.5. The van der Waals surface area contributed by atoms with Crippen molar-refractivity contribution >= 4 is 23.0 Å². The number of aromatic nitrogens is 3. The molecule has 5 rings (SSSR count). The van der Waals surface area contributed by atoms with Gasteiger partial charge in [-0.25, -0.2) is 19.3 Å². The summed E-state index contributed by atoms with van der Waals surface area (Å²) in [4.78, 5) is 15.2. The minimum Gasteiger partial charge on any atom is -0.384 e. The van der Waals surface area contributed by atoms with Gasteiger partial charge < -0.3 is 20.3 Å². The van der Waals surface area contributed by atoms with Crippen molar-refractivity contribution < 1.29 is 9.13 Å². The van der Waals surface area contributed by atoms with E-state index < -0.39 is 0 Å². The first kappa shape index (κ1) is 18.5. The third-order valence-electron chi connectivity index (χ3n) is 5.25. The zero-order chi connectivity index (χ0) is 20.3. The fraction of sp³-hybridized carbons (Fsp3) is 0.227. The molecule has 1 aromatic carbocycles. The topological polar surface area (TPSA) is 75.2 Å². The van der Waals surface area contributed by atoms with Crippen molar-refractivity contribution in [1.29, 1.82) is 0 Å². The van der Waals surface area contributed by atoms with Crippen LogP contribution >= 0.6 is 0 Å². The standard InChI is InChI=1S/C22H21FN6O/c23-20-13-24-12-19-18(20)9-21(15-10-25-14-26-11-15)28-22(19)27-16-1-3-17(4-2-16)29-5-7-30-8-6-29/h1-4,9-11,13-14,24H,5-8,12H2,(H,27,28). The second kappa shape index (κ2) is 8.08. The Bertz CT molecular complexity index is 1060. The zero-order valence-electron chi connectivity index (χ0n) is 16.3. The monoisotopic (exact) mass is 404 g/mol. The van der Waals surface area contributed by atoms with Crippen molar-refractivity contribution in [3.63, 3.8) is 0 Å². The maximum absolute atomic E-state index is 14.5. The Morgan fingerprint density at radius 1 is 1.07 bits per heavy atom. The summed E-state index contributed by atoms with van der Waals surface area (Å²) < 4.78 is 20.0. The van der Waals surface area contributed by atoms with Crippen LogP contribution < -0.4 is 15.5 Å². The van der Waals surface area contributed by atoms with Crippen molar-refractivity contribution in [3.05, 3.63) is 66.4 Å². The van der Waals surface area contributed by atoms with Crippen LogP contribution in [-0.4, -0.2) is 41.3 Å². The minimum atomic E-state index is -0.317. The van der Waals surface area contributed by atoms with Crippen LogP contribution in [0.3, 0.4) is 0 Å². The predicted octanol–water partition coefficient (Wildman–Crippen LogP) is 3.49. The highest BCUT2D eigenvalue weighted by Crippen LogP contribution is 2.33. The number of anilines is 3. The molecule has 2 aliphatic rings. The molecular weight excluding hydrogens is 383 g/mol. The highest BCUT2D eigenvalue weighted by molar-refractivity contribution is 5.76.